The Hall–Kier alpha value is -1.53. The van der Waals surface area contributed by atoms with Crippen LogP contribution in [0.25, 0.3) is 5.65 Å². The monoisotopic (exact) mass is 348 g/mol. The molecule has 0 radical (unpaired) electrons. The molecule has 2 aromatic heterocycles. The van der Waals surface area contributed by atoms with E-state index in [-0.39, 0.29) is 0 Å². The van der Waals surface area contributed by atoms with Crippen LogP contribution in [0.3, 0.4) is 0 Å². The van der Waals surface area contributed by atoms with Crippen LogP contribution in [0.5, 0.6) is 0 Å². The Labute approximate surface area is 129 Å². The van der Waals surface area contributed by atoms with Crippen LogP contribution in [-0.2, 0) is 0 Å². The third kappa shape index (κ3) is 2.66. The van der Waals surface area contributed by atoms with E-state index in [0.29, 0.717) is 0 Å². The molecule has 1 aromatic carbocycles. The first-order valence-electron chi connectivity index (χ1n) is 6.28. The van der Waals surface area contributed by atoms with Crippen LogP contribution in [-0.4, -0.2) is 20.9 Å². The number of rotatable bonds is 4. The number of nitrogens with one attached hydrogen (secondary N) is 1. The molecule has 0 aliphatic carbocycles. The average molecular weight is 349 g/mol. The molecule has 20 heavy (non-hydrogen) atoms. The summed E-state index contributed by atoms with van der Waals surface area (Å²) in [4.78, 5) is 10.2. The fourth-order valence-electron chi connectivity index (χ4n) is 1.87. The number of hydrogen-bond acceptors (Lipinski definition) is 4. The lowest BCUT2D eigenvalue weighted by Gasteiger charge is -2.08. The summed E-state index contributed by atoms with van der Waals surface area (Å²) in [6, 6.07) is 8.11. The maximum absolute atomic E-state index is 4.65. The second-order valence-electron chi connectivity index (χ2n) is 4.15. The predicted molar refractivity (Wildman–Crippen MR) is 85.4 cm³/mol. The Morgan fingerprint density at radius 2 is 2.20 bits per heavy atom. The van der Waals surface area contributed by atoms with Crippen molar-refractivity contribution >= 4 is 39.2 Å². The van der Waals surface area contributed by atoms with Gasteiger partial charge in [-0.1, -0.05) is 23.9 Å². The zero-order chi connectivity index (χ0) is 13.9. The van der Waals surface area contributed by atoms with Gasteiger partial charge in [0.15, 0.2) is 5.65 Å². The molecule has 0 saturated carbocycles. The van der Waals surface area contributed by atoms with E-state index in [0.717, 1.165) is 32.4 Å². The van der Waals surface area contributed by atoms with Gasteiger partial charge in [-0.2, -0.15) is 0 Å². The van der Waals surface area contributed by atoms with Crippen LogP contribution in [0.2, 0.25) is 0 Å². The molecule has 1 N–H and O–H groups in total. The van der Waals surface area contributed by atoms with Gasteiger partial charge >= 0.3 is 0 Å². The van der Waals surface area contributed by atoms with Crippen molar-refractivity contribution in [2.75, 3.05) is 11.9 Å². The van der Waals surface area contributed by atoms with Crippen molar-refractivity contribution in [1.29, 1.82) is 0 Å². The summed E-state index contributed by atoms with van der Waals surface area (Å²) in [5, 5.41) is 4.13. The third-order valence-corrected chi connectivity index (χ3v) is 4.74. The van der Waals surface area contributed by atoms with E-state index in [2.05, 4.69) is 44.2 Å². The van der Waals surface area contributed by atoms with Gasteiger partial charge in [0.05, 0.1) is 6.20 Å². The van der Waals surface area contributed by atoms with Crippen molar-refractivity contribution in [2.45, 2.75) is 16.8 Å². The summed E-state index contributed by atoms with van der Waals surface area (Å²) in [5.74, 6) is 0.854. The van der Waals surface area contributed by atoms with Gasteiger partial charge in [0, 0.05) is 28.3 Å². The summed E-state index contributed by atoms with van der Waals surface area (Å²) in [6.07, 6.45) is 5.68. The molecule has 0 aliphatic heterocycles. The standard InChI is InChI=1S/C14H13BrN4S/c1-2-16-12-9-19-8-7-17-13(19)14(18-12)20-11-6-4-3-5-10(11)15/h3-9,16H,2H2,1H3. The molecular weight excluding hydrogens is 336 g/mol. The number of halogens is 1. The molecule has 0 amide bonds. The van der Waals surface area contributed by atoms with Gasteiger partial charge in [0.25, 0.3) is 0 Å². The van der Waals surface area contributed by atoms with Gasteiger partial charge < -0.3 is 9.72 Å². The van der Waals surface area contributed by atoms with Gasteiger partial charge in [-0.25, -0.2) is 9.97 Å². The number of fused-ring (bicyclic) bond motifs is 1. The number of hydrogen-bond donors (Lipinski definition) is 1. The first kappa shape index (κ1) is 13.5. The lowest BCUT2D eigenvalue weighted by atomic mass is 10.4. The minimum Gasteiger partial charge on any atom is -0.369 e. The summed E-state index contributed by atoms with van der Waals surface area (Å²) in [5.41, 5.74) is 0.868. The Balaban J connectivity index is 2.05. The molecule has 0 saturated heterocycles. The zero-order valence-corrected chi connectivity index (χ0v) is 13.3. The maximum atomic E-state index is 4.65. The van der Waals surface area contributed by atoms with Crippen LogP contribution in [0.1, 0.15) is 6.92 Å². The predicted octanol–water partition coefficient (Wildman–Crippen LogP) is 4.07. The Bertz CT molecular complexity index is 741. The zero-order valence-electron chi connectivity index (χ0n) is 10.9. The van der Waals surface area contributed by atoms with Crippen molar-refractivity contribution in [3.05, 3.63) is 47.3 Å². The summed E-state index contributed by atoms with van der Waals surface area (Å²) < 4.78 is 3.05. The van der Waals surface area contributed by atoms with E-state index in [4.69, 9.17) is 0 Å². The third-order valence-electron chi connectivity index (χ3n) is 2.74. The summed E-state index contributed by atoms with van der Waals surface area (Å²) >= 11 is 5.17. The van der Waals surface area contributed by atoms with Crippen LogP contribution in [0.4, 0.5) is 5.82 Å². The minimum absolute atomic E-state index is 0.840. The average Bonchev–Trinajstić information content (AvgIpc) is 2.90. The van der Waals surface area contributed by atoms with E-state index in [1.807, 2.05) is 35.0 Å². The molecule has 6 heteroatoms. The largest absolute Gasteiger partial charge is 0.369 e. The van der Waals surface area contributed by atoms with Crippen LogP contribution in [0.15, 0.2) is 57.3 Å². The lowest BCUT2D eigenvalue weighted by molar-refractivity contribution is 1.01. The van der Waals surface area contributed by atoms with Crippen molar-refractivity contribution in [1.82, 2.24) is 14.4 Å². The quantitative estimate of drug-likeness (QED) is 0.771. The van der Waals surface area contributed by atoms with E-state index in [1.165, 1.54) is 0 Å². The molecular formula is C14H13BrN4S. The van der Waals surface area contributed by atoms with E-state index in [9.17, 15) is 0 Å². The fourth-order valence-corrected chi connectivity index (χ4v) is 3.31. The second kappa shape index (κ2) is 5.85. The SMILES string of the molecule is CCNc1cn2ccnc2c(Sc2ccccc2Br)n1. The number of benzene rings is 1. The molecule has 0 fully saturated rings. The van der Waals surface area contributed by atoms with Gasteiger partial charge in [-0.05, 0) is 35.0 Å². The first-order valence-corrected chi connectivity index (χ1v) is 7.89. The molecule has 0 unspecified atom stereocenters. The highest BCUT2D eigenvalue weighted by atomic mass is 79.9. The van der Waals surface area contributed by atoms with Crippen molar-refractivity contribution < 1.29 is 0 Å². The molecule has 0 atom stereocenters. The Morgan fingerprint density at radius 3 is 3.00 bits per heavy atom. The molecule has 0 aliphatic rings. The van der Waals surface area contributed by atoms with E-state index >= 15 is 0 Å². The molecule has 2 heterocycles. The molecule has 0 spiro atoms. The number of anilines is 1. The van der Waals surface area contributed by atoms with Gasteiger partial charge in [0.2, 0.25) is 0 Å². The van der Waals surface area contributed by atoms with Crippen LogP contribution >= 0.6 is 27.7 Å². The van der Waals surface area contributed by atoms with Gasteiger partial charge in [-0.15, -0.1) is 0 Å². The van der Waals surface area contributed by atoms with Crippen molar-refractivity contribution in [2.24, 2.45) is 0 Å². The van der Waals surface area contributed by atoms with Gasteiger partial charge in [0.1, 0.15) is 10.8 Å². The van der Waals surface area contributed by atoms with E-state index in [1.54, 1.807) is 18.0 Å². The summed E-state index contributed by atoms with van der Waals surface area (Å²) in [6.45, 7) is 2.90. The normalized spacial score (nSPS) is 10.9. The highest BCUT2D eigenvalue weighted by Crippen LogP contribution is 2.34. The molecule has 4 nitrogen and oxygen atoms in total. The van der Waals surface area contributed by atoms with Crippen LogP contribution in [0, 0.1) is 0 Å². The van der Waals surface area contributed by atoms with Crippen LogP contribution < -0.4 is 5.32 Å². The Morgan fingerprint density at radius 1 is 1.35 bits per heavy atom. The number of imidazole rings is 1. The topological polar surface area (TPSA) is 42.2 Å². The fraction of sp³-hybridized carbons (Fsp3) is 0.143. The lowest BCUT2D eigenvalue weighted by Crippen LogP contribution is -2.02. The van der Waals surface area contributed by atoms with E-state index < -0.39 is 0 Å². The molecule has 3 rings (SSSR count). The van der Waals surface area contributed by atoms with Crippen molar-refractivity contribution in [3.8, 4) is 0 Å². The smallest absolute Gasteiger partial charge is 0.170 e. The first-order chi connectivity index (χ1) is 9.78. The molecule has 102 valence electrons. The minimum atomic E-state index is 0.840. The molecule has 3 aromatic rings. The van der Waals surface area contributed by atoms with Crippen molar-refractivity contribution in [3.63, 3.8) is 0 Å². The maximum Gasteiger partial charge on any atom is 0.170 e. The summed E-state index contributed by atoms with van der Waals surface area (Å²) in [7, 11) is 0. The number of aromatic nitrogens is 3. The number of nitrogens with zero attached hydrogens (tertiary/aromatic N) is 3. The molecule has 0 bridgehead atoms. The second-order valence-corrected chi connectivity index (χ2v) is 6.04. The highest BCUT2D eigenvalue weighted by molar-refractivity contribution is 9.10. The Kier molecular flexibility index (Phi) is 3.93. The van der Waals surface area contributed by atoms with Gasteiger partial charge in [-0.3, -0.25) is 0 Å². The highest BCUT2D eigenvalue weighted by Gasteiger charge is 2.10.